The van der Waals surface area contributed by atoms with E-state index in [-0.39, 0.29) is 5.41 Å². The number of hydrogen-bond acceptors (Lipinski definition) is 7. The highest BCUT2D eigenvalue weighted by Crippen LogP contribution is 2.30. The van der Waals surface area contributed by atoms with Crippen LogP contribution in [-0.4, -0.2) is 15.2 Å². The van der Waals surface area contributed by atoms with Crippen molar-refractivity contribution in [1.82, 2.24) is 15.2 Å². The molecule has 0 aliphatic heterocycles. The molecule has 0 aromatic carbocycles. The second-order valence-corrected chi connectivity index (χ2v) is 7.75. The first-order valence-corrected chi connectivity index (χ1v) is 7.80. The molecule has 0 unspecified atom stereocenters. The quantitative estimate of drug-likeness (QED) is 0.878. The first kappa shape index (κ1) is 12.8. The van der Waals surface area contributed by atoms with Crippen LogP contribution >= 0.6 is 34.4 Å². The van der Waals surface area contributed by atoms with E-state index in [9.17, 15) is 0 Å². The topological polar surface area (TPSA) is 64.7 Å². The summed E-state index contributed by atoms with van der Waals surface area (Å²) in [6.07, 6.45) is 0. The molecule has 2 aromatic heterocycles. The molecule has 2 N–H and O–H groups in total. The van der Waals surface area contributed by atoms with Gasteiger partial charge in [-0.2, -0.15) is 0 Å². The summed E-state index contributed by atoms with van der Waals surface area (Å²) in [5.74, 6) is 0.829. The lowest BCUT2D eigenvalue weighted by atomic mass is 9.93. The Bertz CT molecular complexity index is 498. The van der Waals surface area contributed by atoms with E-state index < -0.39 is 0 Å². The molecule has 17 heavy (non-hydrogen) atoms. The number of thiazole rings is 1. The fourth-order valence-corrected chi connectivity index (χ4v) is 3.80. The Morgan fingerprint density at radius 3 is 2.65 bits per heavy atom. The maximum absolute atomic E-state index is 5.53. The van der Waals surface area contributed by atoms with Crippen molar-refractivity contribution in [1.29, 1.82) is 0 Å². The van der Waals surface area contributed by atoms with Gasteiger partial charge in [-0.25, -0.2) is 4.98 Å². The molecular formula is C10H14N4S3. The molecule has 2 heterocycles. The third-order valence-corrected chi connectivity index (χ3v) is 4.99. The Hall–Kier alpha value is -0.660. The molecule has 0 radical (unpaired) electrons. The van der Waals surface area contributed by atoms with Crippen molar-refractivity contribution >= 4 is 39.6 Å². The second kappa shape index (κ2) is 4.91. The average Bonchev–Trinajstić information content (AvgIpc) is 2.82. The van der Waals surface area contributed by atoms with Crippen LogP contribution in [0.5, 0.6) is 0 Å². The Morgan fingerprint density at radius 2 is 2.12 bits per heavy atom. The monoisotopic (exact) mass is 286 g/mol. The van der Waals surface area contributed by atoms with E-state index >= 15 is 0 Å². The number of aromatic nitrogens is 3. The highest BCUT2D eigenvalue weighted by Gasteiger charge is 2.17. The summed E-state index contributed by atoms with van der Waals surface area (Å²) >= 11 is 4.74. The molecule has 2 aromatic rings. The van der Waals surface area contributed by atoms with Crippen molar-refractivity contribution < 1.29 is 0 Å². The highest BCUT2D eigenvalue weighted by atomic mass is 32.2. The number of nitrogens with two attached hydrogens (primary N) is 1. The minimum atomic E-state index is 0.118. The number of nitrogen functional groups attached to an aromatic ring is 1. The summed E-state index contributed by atoms with van der Waals surface area (Å²) < 4.78 is 0.898. The van der Waals surface area contributed by atoms with Crippen LogP contribution < -0.4 is 5.73 Å². The molecule has 0 amide bonds. The van der Waals surface area contributed by atoms with Gasteiger partial charge in [-0.1, -0.05) is 43.9 Å². The molecular weight excluding hydrogens is 272 g/mol. The molecule has 2 rings (SSSR count). The van der Waals surface area contributed by atoms with Crippen molar-refractivity contribution in [3.05, 3.63) is 16.1 Å². The van der Waals surface area contributed by atoms with Gasteiger partial charge in [0.25, 0.3) is 0 Å². The standard InChI is InChI=1S/C10H14N4S3/c1-10(2,3)6-4-15-7(12-6)5-16-9-14-13-8(11)17-9/h4H,5H2,1-3H3,(H2,11,13). The zero-order valence-corrected chi connectivity index (χ0v) is 12.4. The summed E-state index contributed by atoms with van der Waals surface area (Å²) in [4.78, 5) is 4.63. The van der Waals surface area contributed by atoms with Gasteiger partial charge in [0, 0.05) is 10.8 Å². The van der Waals surface area contributed by atoms with E-state index in [1.165, 1.54) is 11.3 Å². The van der Waals surface area contributed by atoms with Crippen molar-refractivity contribution in [3.63, 3.8) is 0 Å². The van der Waals surface area contributed by atoms with E-state index in [0.717, 1.165) is 20.8 Å². The van der Waals surface area contributed by atoms with Crippen molar-refractivity contribution in [2.75, 3.05) is 5.73 Å². The van der Waals surface area contributed by atoms with Gasteiger partial charge in [-0.15, -0.1) is 21.5 Å². The summed E-state index contributed by atoms with van der Waals surface area (Å²) in [5.41, 5.74) is 6.79. The maximum atomic E-state index is 5.53. The molecule has 0 aliphatic rings. The van der Waals surface area contributed by atoms with E-state index in [4.69, 9.17) is 5.73 Å². The molecule has 7 heteroatoms. The molecule has 0 aliphatic carbocycles. The van der Waals surface area contributed by atoms with Crippen molar-refractivity contribution in [2.24, 2.45) is 0 Å². The van der Waals surface area contributed by atoms with Gasteiger partial charge in [0.2, 0.25) is 5.13 Å². The normalized spacial score (nSPS) is 11.9. The van der Waals surface area contributed by atoms with Gasteiger partial charge < -0.3 is 5.73 Å². The van der Waals surface area contributed by atoms with Gasteiger partial charge in [0.05, 0.1) is 11.4 Å². The van der Waals surface area contributed by atoms with Crippen LogP contribution in [0.3, 0.4) is 0 Å². The van der Waals surface area contributed by atoms with Gasteiger partial charge in [-0.05, 0) is 0 Å². The van der Waals surface area contributed by atoms with Gasteiger partial charge in [0.15, 0.2) is 4.34 Å². The van der Waals surface area contributed by atoms with Gasteiger partial charge in [0.1, 0.15) is 5.01 Å². The van der Waals surface area contributed by atoms with Crippen molar-refractivity contribution in [3.8, 4) is 0 Å². The second-order valence-electron chi connectivity index (χ2n) is 4.57. The number of anilines is 1. The number of hydrogen-bond donors (Lipinski definition) is 1. The van der Waals surface area contributed by atoms with Gasteiger partial charge >= 0.3 is 0 Å². The van der Waals surface area contributed by atoms with E-state index in [1.54, 1.807) is 23.1 Å². The summed E-state index contributed by atoms with van der Waals surface area (Å²) in [5, 5.41) is 11.5. The molecule has 0 bridgehead atoms. The zero-order valence-electron chi connectivity index (χ0n) is 9.93. The van der Waals surface area contributed by atoms with E-state index in [0.29, 0.717) is 5.13 Å². The first-order valence-electron chi connectivity index (χ1n) is 5.12. The Kier molecular flexibility index (Phi) is 3.70. The third-order valence-electron chi connectivity index (χ3n) is 2.06. The van der Waals surface area contributed by atoms with Gasteiger partial charge in [-0.3, -0.25) is 0 Å². The predicted molar refractivity (Wildman–Crippen MR) is 74.7 cm³/mol. The highest BCUT2D eigenvalue weighted by molar-refractivity contribution is 8.00. The fraction of sp³-hybridized carbons (Fsp3) is 0.500. The van der Waals surface area contributed by atoms with E-state index in [2.05, 4.69) is 41.3 Å². The zero-order chi connectivity index (χ0) is 12.5. The summed E-state index contributed by atoms with van der Waals surface area (Å²) in [6.45, 7) is 6.51. The molecule has 0 atom stereocenters. The molecule has 0 saturated heterocycles. The van der Waals surface area contributed by atoms with Crippen LogP contribution in [0.4, 0.5) is 5.13 Å². The average molecular weight is 286 g/mol. The summed E-state index contributed by atoms with van der Waals surface area (Å²) in [7, 11) is 0. The minimum absolute atomic E-state index is 0.118. The lowest BCUT2D eigenvalue weighted by Gasteiger charge is -2.14. The maximum Gasteiger partial charge on any atom is 0.203 e. The Balaban J connectivity index is 1.98. The van der Waals surface area contributed by atoms with Crippen LogP contribution in [0.2, 0.25) is 0 Å². The largest absolute Gasteiger partial charge is 0.374 e. The fourth-order valence-electron chi connectivity index (χ4n) is 1.12. The first-order chi connectivity index (χ1) is 7.95. The van der Waals surface area contributed by atoms with Crippen LogP contribution in [0.1, 0.15) is 31.5 Å². The van der Waals surface area contributed by atoms with Crippen LogP contribution in [-0.2, 0) is 11.2 Å². The van der Waals surface area contributed by atoms with Crippen LogP contribution in [0.25, 0.3) is 0 Å². The van der Waals surface area contributed by atoms with Crippen LogP contribution in [0, 0.1) is 0 Å². The molecule has 0 fully saturated rings. The molecule has 0 spiro atoms. The van der Waals surface area contributed by atoms with Crippen molar-refractivity contribution in [2.45, 2.75) is 36.3 Å². The number of thioether (sulfide) groups is 1. The minimum Gasteiger partial charge on any atom is -0.374 e. The Morgan fingerprint density at radius 1 is 1.35 bits per heavy atom. The smallest absolute Gasteiger partial charge is 0.203 e. The molecule has 0 saturated carbocycles. The number of nitrogens with zero attached hydrogens (tertiary/aromatic N) is 3. The van der Waals surface area contributed by atoms with Crippen LogP contribution in [0.15, 0.2) is 9.72 Å². The predicted octanol–water partition coefficient (Wildman–Crippen LogP) is 3.17. The third kappa shape index (κ3) is 3.40. The molecule has 4 nitrogen and oxygen atoms in total. The lowest BCUT2D eigenvalue weighted by molar-refractivity contribution is 0.572. The number of rotatable bonds is 3. The Labute approximate surface area is 113 Å². The SMILES string of the molecule is CC(C)(C)c1csc(CSc2nnc(N)s2)n1. The van der Waals surface area contributed by atoms with E-state index in [1.807, 2.05) is 0 Å². The summed E-state index contributed by atoms with van der Waals surface area (Å²) in [6, 6.07) is 0. The molecule has 92 valence electrons. The lowest BCUT2D eigenvalue weighted by Crippen LogP contribution is -2.11.